The molecule has 0 aliphatic heterocycles. The number of rotatable bonds is 13. The Bertz CT molecular complexity index is 1280. The van der Waals surface area contributed by atoms with E-state index >= 15 is 0 Å². The van der Waals surface area contributed by atoms with Gasteiger partial charge in [-0.05, 0) is 60.5 Å². The van der Waals surface area contributed by atoms with Crippen LogP contribution in [-0.2, 0) is 6.42 Å². The van der Waals surface area contributed by atoms with Crippen molar-refractivity contribution in [1.29, 1.82) is 0 Å². The van der Waals surface area contributed by atoms with E-state index in [1.807, 2.05) is 60.7 Å². The summed E-state index contributed by atoms with van der Waals surface area (Å²) in [5.41, 5.74) is 1.91. The van der Waals surface area contributed by atoms with Crippen molar-refractivity contribution in [2.24, 2.45) is 0 Å². The van der Waals surface area contributed by atoms with Crippen molar-refractivity contribution in [2.45, 2.75) is 18.6 Å². The normalized spacial score (nSPS) is 12.1. The number of benzene rings is 3. The Morgan fingerprint density at radius 2 is 1.54 bits per heavy atom. The number of anilines is 1. The second kappa shape index (κ2) is 15.5. The molecule has 4 N–H and O–H groups in total. The fraction of sp³-hybridized carbons (Fsp3) is 0.200. The maximum atomic E-state index is 12.9. The van der Waals surface area contributed by atoms with Gasteiger partial charge in [0.1, 0.15) is 29.8 Å². The monoisotopic (exact) mass is 549 g/mol. The third-order valence-electron chi connectivity index (χ3n) is 5.72. The summed E-state index contributed by atoms with van der Waals surface area (Å²) in [6.07, 6.45) is 1.41. The number of hydrogen-bond donors (Lipinski definition) is 4. The van der Waals surface area contributed by atoms with Crippen molar-refractivity contribution in [3.05, 3.63) is 114 Å². The molecule has 39 heavy (non-hydrogen) atoms. The number of aromatic nitrogens is 1. The van der Waals surface area contributed by atoms with Gasteiger partial charge in [-0.2, -0.15) is 0 Å². The number of nitrogens with zero attached hydrogens (tertiary/aromatic N) is 1. The Balaban J connectivity index is 0.00000420. The first-order valence-electron chi connectivity index (χ1n) is 12.4. The standard InChI is InChI=1S/C30H31N3O5.ClH/c34-20-24(32-19-25(35)21-37-26-8-3-1-4-9-26)18-22-13-15-23(16-14-22)33-29(36)28-12-7-17-31-30(28)38-27-10-5-2-6-11-27;/h1-17,24-25,32,34-35H,18-21H2,(H,33,36);1H/t24-,25-;/m0./s1. The molecule has 0 radical (unpaired) electrons. The van der Waals surface area contributed by atoms with Gasteiger partial charge in [0.2, 0.25) is 5.88 Å². The van der Waals surface area contributed by atoms with E-state index in [1.165, 1.54) is 0 Å². The number of carbonyl (C=O) groups excluding carboxylic acids is 1. The number of para-hydroxylation sites is 2. The lowest BCUT2D eigenvalue weighted by Gasteiger charge is -2.19. The van der Waals surface area contributed by atoms with Crippen molar-refractivity contribution in [3.8, 4) is 17.4 Å². The molecule has 1 heterocycles. The molecule has 0 unspecified atom stereocenters. The molecule has 1 amide bonds. The van der Waals surface area contributed by atoms with Crippen LogP contribution >= 0.6 is 12.4 Å². The van der Waals surface area contributed by atoms with Gasteiger partial charge in [-0.1, -0.05) is 48.5 Å². The van der Waals surface area contributed by atoms with Crippen LogP contribution in [0.5, 0.6) is 17.4 Å². The Kier molecular flexibility index (Phi) is 11.7. The lowest BCUT2D eigenvalue weighted by atomic mass is 10.1. The van der Waals surface area contributed by atoms with E-state index in [0.29, 0.717) is 29.2 Å². The van der Waals surface area contributed by atoms with Crippen LogP contribution in [0.3, 0.4) is 0 Å². The molecule has 4 aromatic rings. The van der Waals surface area contributed by atoms with Crippen LogP contribution in [0.25, 0.3) is 0 Å². The van der Waals surface area contributed by atoms with E-state index in [9.17, 15) is 15.0 Å². The molecular formula is C30H32ClN3O5. The zero-order chi connectivity index (χ0) is 26.6. The van der Waals surface area contributed by atoms with Gasteiger partial charge in [0.05, 0.1) is 6.61 Å². The number of aliphatic hydroxyl groups excluding tert-OH is 2. The van der Waals surface area contributed by atoms with E-state index in [1.54, 1.807) is 42.6 Å². The molecule has 0 aliphatic rings. The minimum absolute atomic E-state index is 0. The molecule has 204 valence electrons. The summed E-state index contributed by atoms with van der Waals surface area (Å²) in [7, 11) is 0. The second-order valence-electron chi connectivity index (χ2n) is 8.69. The van der Waals surface area contributed by atoms with Crippen molar-refractivity contribution in [1.82, 2.24) is 10.3 Å². The van der Waals surface area contributed by atoms with Gasteiger partial charge in [-0.15, -0.1) is 12.4 Å². The quantitative estimate of drug-likeness (QED) is 0.194. The topological polar surface area (TPSA) is 113 Å². The molecule has 0 spiro atoms. The van der Waals surface area contributed by atoms with E-state index in [-0.39, 0.29) is 50.0 Å². The highest BCUT2D eigenvalue weighted by molar-refractivity contribution is 6.05. The smallest absolute Gasteiger partial charge is 0.261 e. The Labute approximate surface area is 234 Å². The summed E-state index contributed by atoms with van der Waals surface area (Å²) in [5.74, 6) is 1.17. The highest BCUT2D eigenvalue weighted by Gasteiger charge is 2.15. The summed E-state index contributed by atoms with van der Waals surface area (Å²) in [5, 5.41) is 26.1. The predicted octanol–water partition coefficient (Wildman–Crippen LogP) is 4.48. The summed E-state index contributed by atoms with van der Waals surface area (Å²) in [6.45, 7) is 0.346. The van der Waals surface area contributed by atoms with Gasteiger partial charge in [-0.3, -0.25) is 4.79 Å². The number of ether oxygens (including phenoxy) is 2. The van der Waals surface area contributed by atoms with Crippen molar-refractivity contribution in [2.75, 3.05) is 25.1 Å². The number of aliphatic hydroxyl groups is 2. The van der Waals surface area contributed by atoms with Gasteiger partial charge in [0, 0.05) is 24.5 Å². The first-order valence-corrected chi connectivity index (χ1v) is 12.4. The van der Waals surface area contributed by atoms with Crippen molar-refractivity contribution < 1.29 is 24.5 Å². The largest absolute Gasteiger partial charge is 0.491 e. The molecule has 0 aliphatic carbocycles. The zero-order valence-corrected chi connectivity index (χ0v) is 22.1. The van der Waals surface area contributed by atoms with E-state index in [0.717, 1.165) is 5.56 Å². The molecule has 0 saturated carbocycles. The van der Waals surface area contributed by atoms with Gasteiger partial charge in [0.15, 0.2) is 0 Å². The van der Waals surface area contributed by atoms with Crippen molar-refractivity contribution in [3.63, 3.8) is 0 Å². The number of carbonyl (C=O) groups is 1. The van der Waals surface area contributed by atoms with E-state index < -0.39 is 6.10 Å². The third kappa shape index (κ3) is 9.38. The Morgan fingerprint density at radius 3 is 2.21 bits per heavy atom. The first kappa shape index (κ1) is 29.6. The number of hydrogen-bond acceptors (Lipinski definition) is 7. The van der Waals surface area contributed by atoms with Gasteiger partial charge >= 0.3 is 0 Å². The number of pyridine rings is 1. The van der Waals surface area contributed by atoms with Gasteiger partial charge < -0.3 is 30.3 Å². The van der Waals surface area contributed by atoms with Crippen LogP contribution in [0, 0.1) is 0 Å². The summed E-state index contributed by atoms with van der Waals surface area (Å²) in [6, 6.07) is 28.9. The zero-order valence-electron chi connectivity index (χ0n) is 21.3. The Morgan fingerprint density at radius 1 is 0.872 bits per heavy atom. The molecule has 8 nitrogen and oxygen atoms in total. The average Bonchev–Trinajstić information content (AvgIpc) is 2.96. The van der Waals surface area contributed by atoms with Gasteiger partial charge in [0.25, 0.3) is 5.91 Å². The van der Waals surface area contributed by atoms with Crippen LogP contribution in [0.15, 0.2) is 103 Å². The Hall–Kier alpha value is -3.95. The number of halogens is 1. The van der Waals surface area contributed by atoms with Crippen LogP contribution in [0.1, 0.15) is 15.9 Å². The summed E-state index contributed by atoms with van der Waals surface area (Å²) < 4.78 is 11.4. The maximum Gasteiger partial charge on any atom is 0.261 e. The number of nitrogens with one attached hydrogen (secondary N) is 2. The van der Waals surface area contributed by atoms with Crippen molar-refractivity contribution >= 4 is 24.0 Å². The first-order chi connectivity index (χ1) is 18.6. The van der Waals surface area contributed by atoms with E-state index in [4.69, 9.17) is 9.47 Å². The number of amides is 1. The lowest BCUT2D eigenvalue weighted by Crippen LogP contribution is -2.41. The predicted molar refractivity (Wildman–Crippen MR) is 153 cm³/mol. The fourth-order valence-corrected chi connectivity index (χ4v) is 3.72. The van der Waals surface area contributed by atoms with Crippen LogP contribution in [0.2, 0.25) is 0 Å². The highest BCUT2D eigenvalue weighted by atomic mass is 35.5. The third-order valence-corrected chi connectivity index (χ3v) is 5.72. The SMILES string of the molecule is Cl.O=C(Nc1ccc(C[C@@H](CO)NC[C@H](O)COc2ccccc2)cc1)c1cccnc1Oc1ccccc1. The highest BCUT2D eigenvalue weighted by Crippen LogP contribution is 2.23. The average molecular weight is 550 g/mol. The minimum atomic E-state index is -0.718. The molecule has 2 atom stereocenters. The fourth-order valence-electron chi connectivity index (χ4n) is 3.72. The molecule has 1 aromatic heterocycles. The molecule has 0 saturated heterocycles. The van der Waals surface area contributed by atoms with Crippen LogP contribution < -0.4 is 20.1 Å². The molecule has 3 aromatic carbocycles. The molecule has 0 bridgehead atoms. The van der Waals surface area contributed by atoms with Crippen LogP contribution in [0.4, 0.5) is 5.69 Å². The molecule has 9 heteroatoms. The summed E-state index contributed by atoms with van der Waals surface area (Å²) in [4.78, 5) is 17.1. The maximum absolute atomic E-state index is 12.9. The molecule has 4 rings (SSSR count). The second-order valence-corrected chi connectivity index (χ2v) is 8.69. The van der Waals surface area contributed by atoms with Gasteiger partial charge in [-0.25, -0.2) is 4.98 Å². The molecular weight excluding hydrogens is 518 g/mol. The summed E-state index contributed by atoms with van der Waals surface area (Å²) >= 11 is 0. The van der Waals surface area contributed by atoms with Crippen LogP contribution in [-0.4, -0.2) is 53.0 Å². The van der Waals surface area contributed by atoms with E-state index in [2.05, 4.69) is 15.6 Å². The molecule has 0 fully saturated rings. The lowest BCUT2D eigenvalue weighted by molar-refractivity contribution is 0.0997. The minimum Gasteiger partial charge on any atom is -0.491 e.